The zero-order valence-electron chi connectivity index (χ0n) is 13.1. The molecule has 0 amide bonds. The van der Waals surface area contributed by atoms with Crippen LogP contribution in [0.5, 0.6) is 5.75 Å². The average Bonchev–Trinajstić information content (AvgIpc) is 2.91. The minimum Gasteiger partial charge on any atom is -0.496 e. The van der Waals surface area contributed by atoms with E-state index in [2.05, 4.69) is 18.7 Å². The van der Waals surface area contributed by atoms with Gasteiger partial charge < -0.3 is 4.74 Å². The molecule has 0 aliphatic carbocycles. The molecule has 0 bridgehead atoms. The van der Waals surface area contributed by atoms with E-state index in [4.69, 9.17) is 4.74 Å². The van der Waals surface area contributed by atoms with Gasteiger partial charge in [0.05, 0.1) is 19.2 Å². The lowest BCUT2D eigenvalue weighted by molar-refractivity contribution is 0.0933. The second kappa shape index (κ2) is 6.56. The molecule has 0 unspecified atom stereocenters. The number of carbonyl (C=O) groups is 1. The third kappa shape index (κ3) is 3.43. The molecule has 1 aliphatic heterocycles. The highest BCUT2D eigenvalue weighted by molar-refractivity contribution is 6.00. The molecular formula is C17H24FNO2. The Labute approximate surface area is 126 Å². The minimum atomic E-state index is -0.406. The SMILES string of the molecule is CCC1(CC)CCN(CC(=O)c2cc(F)ccc2OC)C1. The van der Waals surface area contributed by atoms with Gasteiger partial charge in [0, 0.05) is 6.54 Å². The molecule has 0 N–H and O–H groups in total. The standard InChI is InChI=1S/C17H24FNO2/c1-4-17(5-2)8-9-19(12-17)11-15(20)14-10-13(18)6-7-16(14)21-3/h6-7,10H,4-5,8-9,11-12H2,1-3H3. The van der Waals surface area contributed by atoms with Crippen molar-refractivity contribution in [3.05, 3.63) is 29.6 Å². The van der Waals surface area contributed by atoms with E-state index >= 15 is 0 Å². The maximum absolute atomic E-state index is 13.4. The molecule has 4 heteroatoms. The van der Waals surface area contributed by atoms with Gasteiger partial charge in [-0.1, -0.05) is 13.8 Å². The van der Waals surface area contributed by atoms with Crippen molar-refractivity contribution in [2.24, 2.45) is 5.41 Å². The van der Waals surface area contributed by atoms with Gasteiger partial charge >= 0.3 is 0 Å². The number of hydrogen-bond acceptors (Lipinski definition) is 3. The summed E-state index contributed by atoms with van der Waals surface area (Å²) in [6.45, 7) is 6.64. The van der Waals surface area contributed by atoms with Crippen molar-refractivity contribution in [3.63, 3.8) is 0 Å². The van der Waals surface area contributed by atoms with E-state index in [0.29, 0.717) is 23.3 Å². The number of hydrogen-bond donors (Lipinski definition) is 0. The van der Waals surface area contributed by atoms with Crippen molar-refractivity contribution in [1.82, 2.24) is 4.90 Å². The van der Waals surface area contributed by atoms with Crippen molar-refractivity contribution in [2.45, 2.75) is 33.1 Å². The first-order valence-corrected chi connectivity index (χ1v) is 7.62. The molecule has 21 heavy (non-hydrogen) atoms. The normalized spacial score (nSPS) is 17.9. The fourth-order valence-corrected chi connectivity index (χ4v) is 3.18. The lowest BCUT2D eigenvalue weighted by Crippen LogP contribution is -2.31. The molecule has 0 saturated carbocycles. The molecule has 1 aromatic rings. The van der Waals surface area contributed by atoms with Gasteiger partial charge in [-0.05, 0) is 49.4 Å². The first kappa shape index (κ1) is 16.0. The summed E-state index contributed by atoms with van der Waals surface area (Å²) in [7, 11) is 1.50. The third-order valence-corrected chi connectivity index (χ3v) is 4.85. The number of ketones is 1. The third-order valence-electron chi connectivity index (χ3n) is 4.85. The van der Waals surface area contributed by atoms with Crippen LogP contribution in [0.4, 0.5) is 4.39 Å². The van der Waals surface area contributed by atoms with Crippen LogP contribution >= 0.6 is 0 Å². The van der Waals surface area contributed by atoms with Gasteiger partial charge in [0.1, 0.15) is 11.6 Å². The number of ether oxygens (including phenoxy) is 1. The van der Waals surface area contributed by atoms with Gasteiger partial charge in [0.2, 0.25) is 0 Å². The average molecular weight is 293 g/mol. The monoisotopic (exact) mass is 293 g/mol. The van der Waals surface area contributed by atoms with Gasteiger partial charge in [-0.3, -0.25) is 9.69 Å². The second-order valence-electron chi connectivity index (χ2n) is 5.94. The molecule has 1 heterocycles. The first-order valence-electron chi connectivity index (χ1n) is 7.62. The molecule has 1 fully saturated rings. The molecule has 1 saturated heterocycles. The van der Waals surface area contributed by atoms with Crippen LogP contribution in [0.15, 0.2) is 18.2 Å². The van der Waals surface area contributed by atoms with E-state index < -0.39 is 5.82 Å². The summed E-state index contributed by atoms with van der Waals surface area (Å²) in [6, 6.07) is 4.09. The lowest BCUT2D eigenvalue weighted by atomic mass is 9.82. The number of carbonyl (C=O) groups excluding carboxylic acids is 1. The number of rotatable bonds is 6. The fraction of sp³-hybridized carbons (Fsp3) is 0.588. The number of nitrogens with zero attached hydrogens (tertiary/aromatic N) is 1. The Morgan fingerprint density at radius 3 is 2.67 bits per heavy atom. The van der Waals surface area contributed by atoms with E-state index in [1.165, 1.54) is 25.3 Å². The Bertz CT molecular complexity index is 512. The topological polar surface area (TPSA) is 29.5 Å². The number of Topliss-reactive ketones (excluding diaryl/α,β-unsaturated/α-hetero) is 1. The van der Waals surface area contributed by atoms with Crippen molar-refractivity contribution in [3.8, 4) is 5.75 Å². The van der Waals surface area contributed by atoms with Crippen LogP contribution in [0.1, 0.15) is 43.5 Å². The molecule has 0 aromatic heterocycles. The van der Waals surface area contributed by atoms with E-state index in [-0.39, 0.29) is 5.78 Å². The molecule has 0 radical (unpaired) electrons. The lowest BCUT2D eigenvalue weighted by Gasteiger charge is -2.26. The van der Waals surface area contributed by atoms with Gasteiger partial charge in [0.15, 0.2) is 5.78 Å². The summed E-state index contributed by atoms with van der Waals surface area (Å²) in [5.74, 6) is -0.0377. The smallest absolute Gasteiger partial charge is 0.180 e. The summed E-state index contributed by atoms with van der Waals surface area (Å²) in [4.78, 5) is 14.6. The highest BCUT2D eigenvalue weighted by Gasteiger charge is 2.35. The predicted molar refractivity (Wildman–Crippen MR) is 81.4 cm³/mol. The van der Waals surface area contributed by atoms with Gasteiger partial charge in [0.25, 0.3) is 0 Å². The Morgan fingerprint density at radius 2 is 2.10 bits per heavy atom. The van der Waals surface area contributed by atoms with Gasteiger partial charge in [-0.25, -0.2) is 4.39 Å². The summed E-state index contributed by atoms with van der Waals surface area (Å²) in [5.41, 5.74) is 0.676. The van der Waals surface area contributed by atoms with Crippen molar-refractivity contribution >= 4 is 5.78 Å². The van der Waals surface area contributed by atoms with E-state index in [1.54, 1.807) is 0 Å². The Kier molecular flexibility index (Phi) is 4.99. The minimum absolute atomic E-state index is 0.0747. The number of benzene rings is 1. The van der Waals surface area contributed by atoms with Crippen LogP contribution in [0.25, 0.3) is 0 Å². The zero-order valence-corrected chi connectivity index (χ0v) is 13.1. The maximum Gasteiger partial charge on any atom is 0.180 e. The van der Waals surface area contributed by atoms with Crippen LogP contribution in [0, 0.1) is 11.2 Å². The highest BCUT2D eigenvalue weighted by atomic mass is 19.1. The largest absolute Gasteiger partial charge is 0.496 e. The van der Waals surface area contributed by atoms with Crippen LogP contribution < -0.4 is 4.74 Å². The van der Waals surface area contributed by atoms with Gasteiger partial charge in [-0.2, -0.15) is 0 Å². The summed E-state index contributed by atoms with van der Waals surface area (Å²) < 4.78 is 18.5. The molecule has 1 aromatic carbocycles. The van der Waals surface area contributed by atoms with Crippen molar-refractivity contribution < 1.29 is 13.9 Å². The molecule has 2 rings (SSSR count). The van der Waals surface area contributed by atoms with Gasteiger partial charge in [-0.15, -0.1) is 0 Å². The van der Waals surface area contributed by atoms with Crippen LogP contribution in [0.2, 0.25) is 0 Å². The molecular weight excluding hydrogens is 269 g/mol. The maximum atomic E-state index is 13.4. The Balaban J connectivity index is 2.08. The van der Waals surface area contributed by atoms with E-state index in [1.807, 2.05) is 0 Å². The highest BCUT2D eigenvalue weighted by Crippen LogP contribution is 2.37. The van der Waals surface area contributed by atoms with E-state index in [9.17, 15) is 9.18 Å². The van der Waals surface area contributed by atoms with Crippen molar-refractivity contribution in [1.29, 1.82) is 0 Å². The quantitative estimate of drug-likeness (QED) is 0.751. The molecule has 0 atom stereocenters. The number of likely N-dealkylation sites (tertiary alicyclic amines) is 1. The number of methoxy groups -OCH3 is 1. The Morgan fingerprint density at radius 1 is 1.38 bits per heavy atom. The molecule has 0 spiro atoms. The van der Waals surface area contributed by atoms with E-state index in [0.717, 1.165) is 32.4 Å². The first-order chi connectivity index (χ1) is 10.0. The number of halogens is 1. The van der Waals surface area contributed by atoms with Crippen LogP contribution in [0.3, 0.4) is 0 Å². The molecule has 3 nitrogen and oxygen atoms in total. The van der Waals surface area contributed by atoms with Crippen LogP contribution in [-0.2, 0) is 0 Å². The Hall–Kier alpha value is -1.42. The van der Waals surface area contributed by atoms with Crippen molar-refractivity contribution in [2.75, 3.05) is 26.7 Å². The molecule has 1 aliphatic rings. The summed E-state index contributed by atoms with van der Waals surface area (Å²) >= 11 is 0. The van der Waals surface area contributed by atoms with Crippen LogP contribution in [-0.4, -0.2) is 37.4 Å². The molecule has 116 valence electrons. The predicted octanol–water partition coefficient (Wildman–Crippen LogP) is 3.53. The summed E-state index contributed by atoms with van der Waals surface area (Å²) in [5, 5.41) is 0. The second-order valence-corrected chi connectivity index (χ2v) is 5.94. The summed E-state index contributed by atoms with van der Waals surface area (Å²) in [6.07, 6.45) is 3.41. The zero-order chi connectivity index (χ0) is 15.5. The fourth-order valence-electron chi connectivity index (χ4n) is 3.18.